The van der Waals surface area contributed by atoms with Gasteiger partial charge in [0, 0.05) is 0 Å². The van der Waals surface area contributed by atoms with Gasteiger partial charge in [-0.05, 0) is 45.4 Å². The lowest BCUT2D eigenvalue weighted by Gasteiger charge is -2.45. The zero-order valence-electron chi connectivity index (χ0n) is 12.9. The summed E-state index contributed by atoms with van der Waals surface area (Å²) in [5, 5.41) is 7.57. The lowest BCUT2D eigenvalue weighted by molar-refractivity contribution is -0.128. The highest BCUT2D eigenvalue weighted by Gasteiger charge is 2.56. The minimum atomic E-state index is -1.06. The fraction of sp³-hybridized carbons (Fsp3) is 0.786. The second-order valence-electron chi connectivity index (χ2n) is 6.90. The van der Waals surface area contributed by atoms with E-state index in [1.165, 1.54) is 0 Å². The molecule has 118 valence electrons. The summed E-state index contributed by atoms with van der Waals surface area (Å²) < 4.78 is 5.17. The van der Waals surface area contributed by atoms with Crippen molar-refractivity contribution in [1.82, 2.24) is 16.0 Å². The van der Waals surface area contributed by atoms with E-state index in [1.807, 2.05) is 6.92 Å². The molecule has 0 spiro atoms. The minimum Gasteiger partial charge on any atom is -0.444 e. The molecule has 4 amide bonds. The van der Waals surface area contributed by atoms with Crippen molar-refractivity contribution in [2.45, 2.75) is 51.7 Å². The van der Waals surface area contributed by atoms with Crippen LogP contribution in [0.15, 0.2) is 0 Å². The number of imide groups is 1. The summed E-state index contributed by atoms with van der Waals surface area (Å²) in [6, 6.07) is -0.509. The number of rotatable bonds is 3. The van der Waals surface area contributed by atoms with Gasteiger partial charge in [-0.2, -0.15) is 0 Å². The first kappa shape index (κ1) is 15.6. The number of hydrogen-bond donors (Lipinski definition) is 3. The summed E-state index contributed by atoms with van der Waals surface area (Å²) in [6.45, 7) is 7.37. The highest BCUT2D eigenvalue weighted by Crippen LogP contribution is 2.42. The topological polar surface area (TPSA) is 96.5 Å². The first-order chi connectivity index (χ1) is 9.64. The van der Waals surface area contributed by atoms with Crippen molar-refractivity contribution in [3.8, 4) is 0 Å². The molecule has 2 rings (SSSR count). The second kappa shape index (κ2) is 5.20. The van der Waals surface area contributed by atoms with E-state index in [-0.39, 0.29) is 18.4 Å². The smallest absolute Gasteiger partial charge is 0.407 e. The molecule has 1 saturated carbocycles. The number of carbonyl (C=O) groups is 3. The van der Waals surface area contributed by atoms with Crippen molar-refractivity contribution in [2.24, 2.45) is 11.8 Å². The van der Waals surface area contributed by atoms with E-state index < -0.39 is 23.3 Å². The SMILES string of the molecule is CC1CCC1C1(CNC(=O)OC(C)(C)C)NC(=O)NC1=O. The zero-order chi connectivity index (χ0) is 15.8. The highest BCUT2D eigenvalue weighted by molar-refractivity contribution is 6.07. The van der Waals surface area contributed by atoms with Crippen LogP contribution in [0, 0.1) is 11.8 Å². The molecule has 7 heteroatoms. The van der Waals surface area contributed by atoms with Crippen LogP contribution in [0.2, 0.25) is 0 Å². The van der Waals surface area contributed by atoms with E-state index in [2.05, 4.69) is 16.0 Å². The van der Waals surface area contributed by atoms with Gasteiger partial charge >= 0.3 is 12.1 Å². The Morgan fingerprint density at radius 2 is 2.05 bits per heavy atom. The third kappa shape index (κ3) is 3.11. The predicted molar refractivity (Wildman–Crippen MR) is 75.5 cm³/mol. The van der Waals surface area contributed by atoms with Gasteiger partial charge < -0.3 is 15.4 Å². The number of ether oxygens (including phenoxy) is 1. The first-order valence-electron chi connectivity index (χ1n) is 7.24. The van der Waals surface area contributed by atoms with Gasteiger partial charge in [-0.1, -0.05) is 6.92 Å². The van der Waals surface area contributed by atoms with E-state index in [9.17, 15) is 14.4 Å². The summed E-state index contributed by atoms with van der Waals surface area (Å²) >= 11 is 0. The van der Waals surface area contributed by atoms with Crippen molar-refractivity contribution in [3.63, 3.8) is 0 Å². The third-order valence-corrected chi connectivity index (χ3v) is 4.13. The van der Waals surface area contributed by atoms with Crippen LogP contribution in [0.25, 0.3) is 0 Å². The summed E-state index contributed by atoms with van der Waals surface area (Å²) in [6.07, 6.45) is 1.27. The van der Waals surface area contributed by atoms with Crippen molar-refractivity contribution < 1.29 is 19.1 Å². The molecule has 0 aromatic heterocycles. The Morgan fingerprint density at radius 3 is 2.43 bits per heavy atom. The molecule has 21 heavy (non-hydrogen) atoms. The van der Waals surface area contributed by atoms with Gasteiger partial charge in [-0.3, -0.25) is 10.1 Å². The Hall–Kier alpha value is -1.79. The molecule has 1 aliphatic carbocycles. The molecule has 3 atom stereocenters. The van der Waals surface area contributed by atoms with E-state index in [0.717, 1.165) is 12.8 Å². The number of alkyl carbamates (subject to hydrolysis) is 1. The Kier molecular flexibility index (Phi) is 3.86. The van der Waals surface area contributed by atoms with Gasteiger partial charge in [-0.25, -0.2) is 9.59 Å². The van der Waals surface area contributed by atoms with Gasteiger partial charge in [0.15, 0.2) is 0 Å². The molecule has 2 aliphatic rings. The van der Waals surface area contributed by atoms with Crippen molar-refractivity contribution in [1.29, 1.82) is 0 Å². The molecule has 0 bridgehead atoms. The molecular formula is C14H23N3O4. The second-order valence-corrected chi connectivity index (χ2v) is 6.90. The molecule has 3 unspecified atom stereocenters. The predicted octanol–water partition coefficient (Wildman–Crippen LogP) is 1.14. The molecule has 0 radical (unpaired) electrons. The van der Waals surface area contributed by atoms with Crippen LogP contribution in [-0.2, 0) is 9.53 Å². The van der Waals surface area contributed by atoms with Gasteiger partial charge in [0.1, 0.15) is 11.1 Å². The summed E-state index contributed by atoms with van der Waals surface area (Å²) in [4.78, 5) is 35.5. The maximum Gasteiger partial charge on any atom is 0.407 e. The van der Waals surface area contributed by atoms with Gasteiger partial charge in [0.05, 0.1) is 6.54 Å². The number of amides is 4. The van der Waals surface area contributed by atoms with Crippen LogP contribution in [0.3, 0.4) is 0 Å². The Labute approximate surface area is 124 Å². The average Bonchev–Trinajstić information content (AvgIpc) is 2.58. The molecular weight excluding hydrogens is 274 g/mol. The lowest BCUT2D eigenvalue weighted by atomic mass is 9.64. The Bertz CT molecular complexity index is 471. The van der Waals surface area contributed by atoms with Crippen LogP contribution >= 0.6 is 0 Å². The molecule has 0 aromatic rings. The number of nitrogens with one attached hydrogen (secondary N) is 3. The van der Waals surface area contributed by atoms with Crippen molar-refractivity contribution in [2.75, 3.05) is 6.54 Å². The zero-order valence-corrected chi connectivity index (χ0v) is 12.9. The monoisotopic (exact) mass is 297 g/mol. The third-order valence-electron chi connectivity index (χ3n) is 4.13. The lowest BCUT2D eigenvalue weighted by Crippen LogP contribution is -2.63. The fourth-order valence-corrected chi connectivity index (χ4v) is 2.95. The van der Waals surface area contributed by atoms with Gasteiger partial charge in [0.25, 0.3) is 5.91 Å². The molecule has 0 aromatic carbocycles. The maximum atomic E-state index is 12.2. The fourth-order valence-electron chi connectivity index (χ4n) is 2.95. The van der Waals surface area contributed by atoms with Crippen LogP contribution < -0.4 is 16.0 Å². The normalized spacial score (nSPS) is 32.0. The van der Waals surface area contributed by atoms with Crippen LogP contribution in [-0.4, -0.2) is 35.7 Å². The number of urea groups is 1. The standard InChI is InChI=1S/C14H23N3O4/c1-8-5-6-9(8)14(10(18)16-11(19)17-14)7-15-12(20)21-13(2,3)4/h8-9H,5-7H2,1-4H3,(H,15,20)(H2,16,17,18,19). The Balaban J connectivity index is 2.06. The first-order valence-corrected chi connectivity index (χ1v) is 7.24. The average molecular weight is 297 g/mol. The molecule has 1 heterocycles. The molecule has 7 nitrogen and oxygen atoms in total. The maximum absolute atomic E-state index is 12.2. The van der Waals surface area contributed by atoms with E-state index in [0.29, 0.717) is 5.92 Å². The molecule has 2 fully saturated rings. The largest absolute Gasteiger partial charge is 0.444 e. The van der Waals surface area contributed by atoms with E-state index in [4.69, 9.17) is 4.74 Å². The molecule has 1 aliphatic heterocycles. The number of hydrogen-bond acceptors (Lipinski definition) is 4. The summed E-state index contributed by atoms with van der Waals surface area (Å²) in [5.74, 6) is -0.0198. The quantitative estimate of drug-likeness (QED) is 0.680. The van der Waals surface area contributed by atoms with Crippen molar-refractivity contribution in [3.05, 3.63) is 0 Å². The van der Waals surface area contributed by atoms with Gasteiger partial charge in [-0.15, -0.1) is 0 Å². The summed E-state index contributed by atoms with van der Waals surface area (Å²) in [5.41, 5.74) is -1.67. The highest BCUT2D eigenvalue weighted by atomic mass is 16.6. The van der Waals surface area contributed by atoms with Crippen molar-refractivity contribution >= 4 is 18.0 Å². The molecule has 3 N–H and O–H groups in total. The van der Waals surface area contributed by atoms with Crippen LogP contribution in [0.4, 0.5) is 9.59 Å². The number of carbonyl (C=O) groups excluding carboxylic acids is 3. The van der Waals surface area contributed by atoms with E-state index in [1.54, 1.807) is 20.8 Å². The molecule has 1 saturated heterocycles. The van der Waals surface area contributed by atoms with E-state index >= 15 is 0 Å². The van der Waals surface area contributed by atoms with Gasteiger partial charge in [0.2, 0.25) is 0 Å². The summed E-state index contributed by atoms with van der Waals surface area (Å²) in [7, 11) is 0. The van der Waals surface area contributed by atoms with Crippen LogP contribution in [0.5, 0.6) is 0 Å². The minimum absolute atomic E-state index is 0.0267. The Morgan fingerprint density at radius 1 is 1.38 bits per heavy atom. The van der Waals surface area contributed by atoms with Crippen LogP contribution in [0.1, 0.15) is 40.5 Å².